The molecular formula is C18H11ClN4O3S. The number of aryl methyl sites for hydroxylation is 1. The van der Waals surface area contributed by atoms with E-state index in [1.807, 2.05) is 12.1 Å². The topological polar surface area (TPSA) is 98.0 Å². The molecule has 0 unspecified atom stereocenters. The summed E-state index contributed by atoms with van der Waals surface area (Å²) in [6.07, 6.45) is 2.90. The lowest BCUT2D eigenvalue weighted by Gasteiger charge is -2.10. The Balaban J connectivity index is 2.02. The fourth-order valence-corrected chi connectivity index (χ4v) is 3.80. The molecule has 27 heavy (non-hydrogen) atoms. The van der Waals surface area contributed by atoms with Crippen LogP contribution in [0.2, 0.25) is 5.15 Å². The molecule has 1 N–H and O–H groups in total. The van der Waals surface area contributed by atoms with Gasteiger partial charge in [-0.25, -0.2) is 14.8 Å². The maximum Gasteiger partial charge on any atom is 0.341 e. The zero-order valence-electron chi connectivity index (χ0n) is 13.9. The molecule has 0 amide bonds. The quantitative estimate of drug-likeness (QED) is 0.530. The number of nitrogens with zero attached hydrogens (tertiary/aromatic N) is 4. The van der Waals surface area contributed by atoms with Crippen LogP contribution in [0.15, 0.2) is 46.8 Å². The van der Waals surface area contributed by atoms with Gasteiger partial charge in [0.05, 0.1) is 11.1 Å². The summed E-state index contributed by atoms with van der Waals surface area (Å²) in [5.74, 6) is -1.31. The van der Waals surface area contributed by atoms with Crippen molar-refractivity contribution in [2.24, 2.45) is 0 Å². The maximum atomic E-state index is 12.6. The molecule has 0 aromatic carbocycles. The molecule has 0 bridgehead atoms. The van der Waals surface area contributed by atoms with E-state index in [0.717, 1.165) is 0 Å². The number of pyridine rings is 3. The molecule has 0 saturated heterocycles. The smallest absolute Gasteiger partial charge is 0.341 e. The molecule has 0 saturated carbocycles. The Morgan fingerprint density at radius 3 is 2.78 bits per heavy atom. The van der Waals surface area contributed by atoms with Gasteiger partial charge in [-0.3, -0.25) is 14.3 Å². The second-order valence-corrected chi connectivity index (χ2v) is 6.96. The standard InChI is InChI=1S/C18H11ClN4O3S/c1-9-6-13(19)22-16-14(9)15(24)10(17(25)26)7-23(16)18-21-12(8-27-18)11-4-2-3-5-20-11/h2-8H,1H3,(H,25,26). The van der Waals surface area contributed by atoms with Gasteiger partial charge in [0.1, 0.15) is 16.4 Å². The Hall–Kier alpha value is -3.10. The molecule has 7 nitrogen and oxygen atoms in total. The maximum absolute atomic E-state index is 12.6. The molecule has 0 aliphatic rings. The number of aromatic carboxylic acids is 1. The predicted molar refractivity (Wildman–Crippen MR) is 103 cm³/mol. The number of rotatable bonds is 3. The lowest BCUT2D eigenvalue weighted by molar-refractivity contribution is 0.0695. The highest BCUT2D eigenvalue weighted by Gasteiger charge is 2.20. The molecule has 4 rings (SSSR count). The molecule has 9 heteroatoms. The summed E-state index contributed by atoms with van der Waals surface area (Å²) in [7, 11) is 0. The Morgan fingerprint density at radius 1 is 1.26 bits per heavy atom. The Labute approximate surface area is 161 Å². The normalized spacial score (nSPS) is 11.0. The minimum absolute atomic E-state index is 0.203. The van der Waals surface area contributed by atoms with E-state index in [4.69, 9.17) is 11.6 Å². The number of carboxylic acid groups (broad SMARTS) is 1. The van der Waals surface area contributed by atoms with Crippen LogP contribution in [0.3, 0.4) is 0 Å². The zero-order chi connectivity index (χ0) is 19.1. The van der Waals surface area contributed by atoms with E-state index >= 15 is 0 Å². The number of hydrogen-bond donors (Lipinski definition) is 1. The fraction of sp³-hybridized carbons (Fsp3) is 0.0556. The van der Waals surface area contributed by atoms with Crippen LogP contribution in [0.25, 0.3) is 27.6 Å². The van der Waals surface area contributed by atoms with E-state index in [0.29, 0.717) is 22.1 Å². The first-order valence-electron chi connectivity index (χ1n) is 7.79. The Bertz CT molecular complexity index is 1250. The van der Waals surface area contributed by atoms with Crippen LogP contribution in [0, 0.1) is 6.92 Å². The first-order chi connectivity index (χ1) is 13.0. The van der Waals surface area contributed by atoms with Gasteiger partial charge in [0.25, 0.3) is 0 Å². The van der Waals surface area contributed by atoms with Gasteiger partial charge in [0, 0.05) is 17.8 Å². The summed E-state index contributed by atoms with van der Waals surface area (Å²) >= 11 is 7.35. The first-order valence-corrected chi connectivity index (χ1v) is 9.04. The molecule has 0 aliphatic heterocycles. The van der Waals surface area contributed by atoms with Crippen molar-refractivity contribution in [2.45, 2.75) is 6.92 Å². The summed E-state index contributed by atoms with van der Waals surface area (Å²) in [6.45, 7) is 1.69. The zero-order valence-corrected chi connectivity index (χ0v) is 15.5. The van der Waals surface area contributed by atoms with Crippen molar-refractivity contribution >= 4 is 39.9 Å². The van der Waals surface area contributed by atoms with Crippen molar-refractivity contribution < 1.29 is 9.90 Å². The Kier molecular flexibility index (Phi) is 4.21. The van der Waals surface area contributed by atoms with Crippen molar-refractivity contribution in [2.75, 3.05) is 0 Å². The largest absolute Gasteiger partial charge is 0.477 e. The van der Waals surface area contributed by atoms with E-state index in [1.165, 1.54) is 28.2 Å². The van der Waals surface area contributed by atoms with Crippen LogP contribution < -0.4 is 5.43 Å². The summed E-state index contributed by atoms with van der Waals surface area (Å²) in [4.78, 5) is 37.2. The number of aromatic nitrogens is 4. The number of halogens is 1. The molecule has 0 aliphatic carbocycles. The molecule has 4 aromatic heterocycles. The molecular weight excluding hydrogens is 388 g/mol. The van der Waals surface area contributed by atoms with Crippen molar-refractivity contribution in [3.05, 3.63) is 68.5 Å². The van der Waals surface area contributed by atoms with Crippen molar-refractivity contribution in [3.8, 4) is 16.5 Å². The van der Waals surface area contributed by atoms with Crippen LogP contribution >= 0.6 is 22.9 Å². The van der Waals surface area contributed by atoms with Gasteiger partial charge in [0.15, 0.2) is 10.8 Å². The van der Waals surface area contributed by atoms with E-state index in [-0.39, 0.29) is 21.7 Å². The summed E-state index contributed by atoms with van der Waals surface area (Å²) in [5, 5.41) is 12.1. The van der Waals surface area contributed by atoms with Crippen LogP contribution in [-0.4, -0.2) is 30.6 Å². The third-order valence-electron chi connectivity index (χ3n) is 3.98. The average Bonchev–Trinajstić information content (AvgIpc) is 3.11. The van der Waals surface area contributed by atoms with E-state index in [2.05, 4.69) is 15.0 Å². The third kappa shape index (κ3) is 2.98. The molecule has 0 atom stereocenters. The second kappa shape index (κ2) is 6.57. The molecule has 0 fully saturated rings. The molecule has 134 valence electrons. The van der Waals surface area contributed by atoms with Crippen molar-refractivity contribution in [3.63, 3.8) is 0 Å². The fourth-order valence-electron chi connectivity index (χ4n) is 2.76. The first kappa shape index (κ1) is 17.3. The van der Waals surface area contributed by atoms with Crippen LogP contribution in [0.5, 0.6) is 0 Å². The van der Waals surface area contributed by atoms with E-state index in [9.17, 15) is 14.7 Å². The van der Waals surface area contributed by atoms with Gasteiger partial charge in [-0.1, -0.05) is 17.7 Å². The summed E-state index contributed by atoms with van der Waals surface area (Å²) < 4.78 is 1.48. The summed E-state index contributed by atoms with van der Waals surface area (Å²) in [6, 6.07) is 7.01. The van der Waals surface area contributed by atoms with Gasteiger partial charge in [-0.15, -0.1) is 11.3 Å². The van der Waals surface area contributed by atoms with Gasteiger partial charge >= 0.3 is 5.97 Å². The van der Waals surface area contributed by atoms with Gasteiger partial charge in [-0.05, 0) is 30.7 Å². The highest BCUT2D eigenvalue weighted by molar-refractivity contribution is 7.12. The van der Waals surface area contributed by atoms with Crippen molar-refractivity contribution in [1.29, 1.82) is 0 Å². The number of carboxylic acids is 1. The molecule has 0 radical (unpaired) electrons. The summed E-state index contributed by atoms with van der Waals surface area (Å²) in [5.41, 5.74) is 1.18. The van der Waals surface area contributed by atoms with Crippen molar-refractivity contribution in [1.82, 2.24) is 19.5 Å². The van der Waals surface area contributed by atoms with Crippen LogP contribution in [-0.2, 0) is 0 Å². The second-order valence-electron chi connectivity index (χ2n) is 5.74. The average molecular weight is 399 g/mol. The van der Waals surface area contributed by atoms with Crippen LogP contribution in [0.4, 0.5) is 0 Å². The van der Waals surface area contributed by atoms with Crippen LogP contribution in [0.1, 0.15) is 15.9 Å². The monoisotopic (exact) mass is 398 g/mol. The third-order valence-corrected chi connectivity index (χ3v) is 5.01. The highest BCUT2D eigenvalue weighted by Crippen LogP contribution is 2.26. The predicted octanol–water partition coefficient (Wildman–Crippen LogP) is 3.56. The SMILES string of the molecule is Cc1cc(Cl)nc2c1c(=O)c(C(=O)O)cn2-c1nc(-c2ccccn2)cs1. The van der Waals surface area contributed by atoms with E-state index in [1.54, 1.807) is 24.6 Å². The van der Waals surface area contributed by atoms with Gasteiger partial charge < -0.3 is 5.11 Å². The highest BCUT2D eigenvalue weighted by atomic mass is 35.5. The number of hydrogen-bond acceptors (Lipinski definition) is 6. The lowest BCUT2D eigenvalue weighted by atomic mass is 10.1. The molecule has 4 heterocycles. The minimum Gasteiger partial charge on any atom is -0.477 e. The number of thiazole rings is 1. The minimum atomic E-state index is -1.31. The Morgan fingerprint density at radius 2 is 2.07 bits per heavy atom. The molecule has 0 spiro atoms. The molecule has 4 aromatic rings. The lowest BCUT2D eigenvalue weighted by Crippen LogP contribution is -2.20. The number of fused-ring (bicyclic) bond motifs is 1. The van der Waals surface area contributed by atoms with Gasteiger partial charge in [-0.2, -0.15) is 0 Å². The van der Waals surface area contributed by atoms with E-state index < -0.39 is 11.4 Å². The number of carbonyl (C=O) groups is 1. The van der Waals surface area contributed by atoms with Gasteiger partial charge in [0.2, 0.25) is 5.43 Å².